The standard InChI is InChI=1S/C13H9ClO5S/c14-9-6-10(8-4-2-1-3-5-8)12(20(17,18)19)11(7-9)13(15)16/h1-7H,(H,15,16)(H,17,18,19). The third kappa shape index (κ3) is 2.82. The highest BCUT2D eigenvalue weighted by molar-refractivity contribution is 7.86. The molecule has 0 unspecified atom stereocenters. The van der Waals surface area contributed by atoms with Crippen molar-refractivity contribution in [2.24, 2.45) is 0 Å². The van der Waals surface area contributed by atoms with Crippen LogP contribution in [0, 0.1) is 0 Å². The molecule has 2 rings (SSSR count). The van der Waals surface area contributed by atoms with Gasteiger partial charge in [0, 0.05) is 10.6 Å². The van der Waals surface area contributed by atoms with E-state index in [0.29, 0.717) is 5.56 Å². The molecule has 104 valence electrons. The quantitative estimate of drug-likeness (QED) is 0.850. The van der Waals surface area contributed by atoms with Gasteiger partial charge in [-0.05, 0) is 17.7 Å². The van der Waals surface area contributed by atoms with Crippen molar-refractivity contribution >= 4 is 27.7 Å². The number of hydrogen-bond acceptors (Lipinski definition) is 3. The summed E-state index contributed by atoms with van der Waals surface area (Å²) in [5, 5.41) is 9.15. The van der Waals surface area contributed by atoms with Crippen molar-refractivity contribution in [1.82, 2.24) is 0 Å². The van der Waals surface area contributed by atoms with Crippen LogP contribution in [0.4, 0.5) is 0 Å². The fourth-order valence-corrected chi connectivity index (χ4v) is 2.96. The molecule has 0 amide bonds. The summed E-state index contributed by atoms with van der Waals surface area (Å²) in [6, 6.07) is 10.5. The van der Waals surface area contributed by atoms with Crippen LogP contribution in [0.25, 0.3) is 11.1 Å². The molecule has 0 aromatic heterocycles. The second-order valence-corrected chi connectivity index (χ2v) is 5.77. The van der Waals surface area contributed by atoms with E-state index in [1.807, 2.05) is 0 Å². The zero-order valence-corrected chi connectivity index (χ0v) is 11.5. The van der Waals surface area contributed by atoms with E-state index in [1.165, 1.54) is 6.07 Å². The lowest BCUT2D eigenvalue weighted by atomic mass is 10.0. The molecule has 0 aliphatic heterocycles. The predicted molar refractivity (Wildman–Crippen MR) is 73.7 cm³/mol. The Morgan fingerprint density at radius 1 is 1.10 bits per heavy atom. The fraction of sp³-hybridized carbons (Fsp3) is 0. The summed E-state index contributed by atoms with van der Waals surface area (Å²) in [4.78, 5) is 10.5. The molecule has 0 aliphatic rings. The Morgan fingerprint density at radius 3 is 2.20 bits per heavy atom. The monoisotopic (exact) mass is 312 g/mol. The Labute approximate surface area is 120 Å². The molecule has 0 heterocycles. The molecule has 0 bridgehead atoms. The SMILES string of the molecule is O=C(O)c1cc(Cl)cc(-c2ccccc2)c1S(=O)(=O)O. The first kappa shape index (κ1) is 14.5. The van der Waals surface area contributed by atoms with Gasteiger partial charge in [0.1, 0.15) is 4.90 Å². The number of halogens is 1. The predicted octanol–water partition coefficient (Wildman–Crippen LogP) is 2.95. The lowest BCUT2D eigenvalue weighted by Gasteiger charge is -2.11. The van der Waals surface area contributed by atoms with Crippen LogP contribution in [0.2, 0.25) is 5.02 Å². The van der Waals surface area contributed by atoms with Gasteiger partial charge in [0.15, 0.2) is 0 Å². The van der Waals surface area contributed by atoms with Gasteiger partial charge in [-0.15, -0.1) is 0 Å². The van der Waals surface area contributed by atoms with E-state index in [9.17, 15) is 17.8 Å². The Kier molecular flexibility index (Phi) is 3.80. The van der Waals surface area contributed by atoms with Crippen molar-refractivity contribution in [3.63, 3.8) is 0 Å². The lowest BCUT2D eigenvalue weighted by molar-refractivity contribution is 0.0692. The first-order valence-electron chi connectivity index (χ1n) is 5.40. The maximum atomic E-state index is 11.5. The topological polar surface area (TPSA) is 91.7 Å². The van der Waals surface area contributed by atoms with Gasteiger partial charge in [0.05, 0.1) is 5.56 Å². The van der Waals surface area contributed by atoms with Crippen molar-refractivity contribution < 1.29 is 22.9 Å². The number of carboxylic acid groups (broad SMARTS) is 1. The number of benzene rings is 2. The van der Waals surface area contributed by atoms with Crippen LogP contribution >= 0.6 is 11.6 Å². The highest BCUT2D eigenvalue weighted by Gasteiger charge is 2.25. The molecule has 0 radical (unpaired) electrons. The van der Waals surface area contributed by atoms with Crippen molar-refractivity contribution in [2.75, 3.05) is 0 Å². The fourth-order valence-electron chi connectivity index (χ4n) is 1.86. The molecule has 5 nitrogen and oxygen atoms in total. The average Bonchev–Trinajstić information content (AvgIpc) is 2.37. The maximum absolute atomic E-state index is 11.5. The van der Waals surface area contributed by atoms with Gasteiger partial charge >= 0.3 is 5.97 Å². The van der Waals surface area contributed by atoms with Crippen LogP contribution in [-0.2, 0) is 10.1 Å². The molecular formula is C13H9ClO5S. The van der Waals surface area contributed by atoms with Gasteiger partial charge in [0.25, 0.3) is 10.1 Å². The van der Waals surface area contributed by atoms with E-state index in [0.717, 1.165) is 6.07 Å². The van der Waals surface area contributed by atoms with E-state index in [1.54, 1.807) is 30.3 Å². The molecule has 0 saturated carbocycles. The van der Waals surface area contributed by atoms with Gasteiger partial charge in [-0.3, -0.25) is 4.55 Å². The minimum atomic E-state index is -4.71. The molecule has 0 saturated heterocycles. The first-order chi connectivity index (χ1) is 9.30. The number of carbonyl (C=O) groups is 1. The summed E-state index contributed by atoms with van der Waals surface area (Å²) >= 11 is 5.83. The summed E-state index contributed by atoms with van der Waals surface area (Å²) in [6.07, 6.45) is 0. The molecule has 0 atom stereocenters. The summed E-state index contributed by atoms with van der Waals surface area (Å²) in [7, 11) is -4.71. The number of rotatable bonds is 3. The van der Waals surface area contributed by atoms with E-state index in [4.69, 9.17) is 16.7 Å². The number of carboxylic acids is 1. The molecule has 0 spiro atoms. The van der Waals surface area contributed by atoms with Gasteiger partial charge in [-0.1, -0.05) is 41.9 Å². The Morgan fingerprint density at radius 2 is 1.70 bits per heavy atom. The average molecular weight is 313 g/mol. The zero-order valence-electron chi connectivity index (χ0n) is 9.95. The summed E-state index contributed by atoms with van der Waals surface area (Å²) in [5.74, 6) is -1.49. The Balaban J connectivity index is 2.90. The minimum Gasteiger partial charge on any atom is -0.478 e. The van der Waals surface area contributed by atoms with Crippen LogP contribution < -0.4 is 0 Å². The molecule has 0 fully saturated rings. The number of hydrogen-bond donors (Lipinski definition) is 2. The second-order valence-electron chi connectivity index (χ2n) is 3.98. The third-order valence-corrected chi connectivity index (χ3v) is 3.80. The first-order valence-corrected chi connectivity index (χ1v) is 7.22. The highest BCUT2D eigenvalue weighted by Crippen LogP contribution is 2.33. The van der Waals surface area contributed by atoms with Crippen molar-refractivity contribution in [2.45, 2.75) is 4.90 Å². The molecule has 2 aromatic carbocycles. The lowest BCUT2D eigenvalue weighted by Crippen LogP contribution is -2.10. The van der Waals surface area contributed by atoms with Gasteiger partial charge in [0.2, 0.25) is 0 Å². The Hall–Kier alpha value is -1.89. The van der Waals surface area contributed by atoms with Crippen LogP contribution in [0.1, 0.15) is 10.4 Å². The van der Waals surface area contributed by atoms with Crippen LogP contribution in [-0.4, -0.2) is 24.0 Å². The van der Waals surface area contributed by atoms with Crippen LogP contribution in [0.3, 0.4) is 0 Å². The smallest absolute Gasteiger partial charge is 0.337 e. The number of aromatic carboxylic acids is 1. The van der Waals surface area contributed by atoms with Gasteiger partial charge < -0.3 is 5.11 Å². The highest BCUT2D eigenvalue weighted by atomic mass is 35.5. The molecule has 2 aromatic rings. The van der Waals surface area contributed by atoms with Crippen molar-refractivity contribution in [3.05, 3.63) is 53.1 Å². The molecule has 20 heavy (non-hydrogen) atoms. The molecule has 0 aliphatic carbocycles. The normalized spacial score (nSPS) is 11.3. The summed E-state index contributed by atoms with van der Waals surface area (Å²) in [6.45, 7) is 0. The maximum Gasteiger partial charge on any atom is 0.337 e. The van der Waals surface area contributed by atoms with E-state index in [-0.39, 0.29) is 10.6 Å². The second kappa shape index (κ2) is 5.24. The van der Waals surface area contributed by atoms with Crippen LogP contribution in [0.15, 0.2) is 47.4 Å². The summed E-state index contributed by atoms with van der Waals surface area (Å²) < 4.78 is 32.3. The molecule has 2 N–H and O–H groups in total. The largest absolute Gasteiger partial charge is 0.478 e. The Bertz CT molecular complexity index is 769. The molecule has 7 heteroatoms. The van der Waals surface area contributed by atoms with Gasteiger partial charge in [-0.2, -0.15) is 8.42 Å². The van der Waals surface area contributed by atoms with E-state index in [2.05, 4.69) is 0 Å². The van der Waals surface area contributed by atoms with E-state index >= 15 is 0 Å². The zero-order chi connectivity index (χ0) is 14.9. The minimum absolute atomic E-state index is 0.0398. The third-order valence-electron chi connectivity index (χ3n) is 2.63. The van der Waals surface area contributed by atoms with Crippen molar-refractivity contribution in [3.8, 4) is 11.1 Å². The van der Waals surface area contributed by atoms with E-state index < -0.39 is 26.5 Å². The summed E-state index contributed by atoms with van der Waals surface area (Å²) in [5.41, 5.74) is -0.0954. The molecular weight excluding hydrogens is 304 g/mol. The van der Waals surface area contributed by atoms with Gasteiger partial charge in [-0.25, -0.2) is 4.79 Å². The van der Waals surface area contributed by atoms with Crippen molar-refractivity contribution in [1.29, 1.82) is 0 Å². The van der Waals surface area contributed by atoms with Crippen LogP contribution in [0.5, 0.6) is 0 Å².